The van der Waals surface area contributed by atoms with Gasteiger partial charge in [0.1, 0.15) is 18.9 Å². The average molecular weight is 587 g/mol. The molecule has 4 unspecified atom stereocenters. The Morgan fingerprint density at radius 2 is 1.83 bits per heavy atom. The van der Waals surface area contributed by atoms with Gasteiger partial charge in [-0.05, 0) is 50.4 Å². The monoisotopic (exact) mass is 586 g/mol. The van der Waals surface area contributed by atoms with Crippen LogP contribution in [0.1, 0.15) is 32.3 Å². The Bertz CT molecular complexity index is 1120. The Labute approximate surface area is 246 Å². The zero-order chi connectivity index (χ0) is 31.1. The van der Waals surface area contributed by atoms with E-state index < -0.39 is 36.2 Å². The minimum Gasteiger partial charge on any atom is -0.388 e. The van der Waals surface area contributed by atoms with Gasteiger partial charge in [0.05, 0.1) is 18.6 Å². The summed E-state index contributed by atoms with van der Waals surface area (Å²) < 4.78 is 5.58. The summed E-state index contributed by atoms with van der Waals surface area (Å²) in [6, 6.07) is 7.66. The van der Waals surface area contributed by atoms with Gasteiger partial charge in [-0.25, -0.2) is 0 Å². The molecule has 0 radical (unpaired) electrons. The average Bonchev–Trinajstić information content (AvgIpc) is 3.62. The van der Waals surface area contributed by atoms with Gasteiger partial charge in [0.25, 0.3) is 11.8 Å². The summed E-state index contributed by atoms with van der Waals surface area (Å²) in [5, 5.41) is 14.2. The molecule has 5 N–H and O–H groups in total. The molecule has 1 aromatic carbocycles. The number of nitrogens with one attached hydrogen (secondary N) is 5. The van der Waals surface area contributed by atoms with Crippen LogP contribution >= 0.6 is 0 Å². The van der Waals surface area contributed by atoms with Crippen LogP contribution < -0.4 is 26.6 Å². The van der Waals surface area contributed by atoms with Gasteiger partial charge in [-0.3, -0.25) is 28.9 Å². The number of carbonyl (C=O) groups excluding carboxylic acids is 6. The van der Waals surface area contributed by atoms with Crippen molar-refractivity contribution in [2.24, 2.45) is 5.92 Å². The predicted molar refractivity (Wildman–Crippen MR) is 156 cm³/mol. The van der Waals surface area contributed by atoms with E-state index >= 15 is 0 Å². The number of imide groups is 1. The quantitative estimate of drug-likeness (QED) is 0.142. The molecule has 3 rings (SSSR count). The maximum atomic E-state index is 12.4. The van der Waals surface area contributed by atoms with Gasteiger partial charge in [-0.2, -0.15) is 0 Å². The minimum atomic E-state index is -0.867. The van der Waals surface area contributed by atoms with E-state index in [1.165, 1.54) is 12.5 Å². The number of aldehydes is 1. The SMILES string of the molecule is CC(NC(=O)CN1C(=O)C=CC1=O)C(=O)NCC=O.CNc1cccc(CCNC(=O)C(C)C(OC)C2CCCN2)c1. The zero-order valence-corrected chi connectivity index (χ0v) is 24.6. The van der Waals surface area contributed by atoms with Gasteiger partial charge in [-0.1, -0.05) is 19.1 Å². The number of hydrogen-bond donors (Lipinski definition) is 5. The summed E-state index contributed by atoms with van der Waals surface area (Å²) in [4.78, 5) is 68.5. The molecule has 2 heterocycles. The molecule has 2 aliphatic heterocycles. The Balaban J connectivity index is 0.000000299. The molecule has 0 saturated carbocycles. The highest BCUT2D eigenvalue weighted by atomic mass is 16.5. The first kappa shape index (κ1) is 34.1. The minimum absolute atomic E-state index is 0.0647. The van der Waals surface area contributed by atoms with Crippen molar-refractivity contribution in [3.63, 3.8) is 0 Å². The molecule has 13 heteroatoms. The fourth-order valence-corrected chi connectivity index (χ4v) is 4.61. The second-order valence-corrected chi connectivity index (χ2v) is 9.98. The lowest BCUT2D eigenvalue weighted by Gasteiger charge is -2.27. The van der Waals surface area contributed by atoms with Crippen LogP contribution in [0.25, 0.3) is 0 Å². The molecule has 0 aromatic heterocycles. The summed E-state index contributed by atoms with van der Waals surface area (Å²) in [5.41, 5.74) is 2.31. The molecule has 13 nitrogen and oxygen atoms in total. The summed E-state index contributed by atoms with van der Waals surface area (Å²) in [7, 11) is 3.60. The molecule has 1 fully saturated rings. The largest absolute Gasteiger partial charge is 0.388 e. The number of benzene rings is 1. The van der Waals surface area contributed by atoms with Gasteiger partial charge < -0.3 is 36.1 Å². The number of amides is 5. The molecule has 1 aromatic rings. The topological polar surface area (TPSA) is 175 Å². The predicted octanol–water partition coefficient (Wildman–Crippen LogP) is -0.479. The van der Waals surface area contributed by atoms with Crippen LogP contribution in [0.3, 0.4) is 0 Å². The van der Waals surface area contributed by atoms with Crippen molar-refractivity contribution >= 4 is 41.5 Å². The highest BCUT2D eigenvalue weighted by Crippen LogP contribution is 2.19. The van der Waals surface area contributed by atoms with Crippen LogP contribution in [0.5, 0.6) is 0 Å². The highest BCUT2D eigenvalue weighted by Gasteiger charge is 2.32. The molecular formula is C29H42N6O7. The van der Waals surface area contributed by atoms with E-state index in [4.69, 9.17) is 4.74 Å². The molecule has 0 aliphatic carbocycles. The first-order valence-corrected chi connectivity index (χ1v) is 14.0. The molecule has 4 atom stereocenters. The third-order valence-corrected chi connectivity index (χ3v) is 6.93. The van der Waals surface area contributed by atoms with Crippen LogP contribution in [0.15, 0.2) is 36.4 Å². The van der Waals surface area contributed by atoms with Gasteiger partial charge in [0, 0.05) is 44.6 Å². The number of carbonyl (C=O) groups is 6. The van der Waals surface area contributed by atoms with E-state index in [0.29, 0.717) is 12.8 Å². The molecule has 42 heavy (non-hydrogen) atoms. The summed E-state index contributed by atoms with van der Waals surface area (Å²) in [6.07, 6.45) is 5.64. The van der Waals surface area contributed by atoms with Crippen LogP contribution in [-0.2, 0) is 39.9 Å². The number of rotatable bonds is 14. The molecule has 0 spiro atoms. The van der Waals surface area contributed by atoms with Crippen molar-refractivity contribution in [1.82, 2.24) is 26.2 Å². The second-order valence-electron chi connectivity index (χ2n) is 9.98. The lowest BCUT2D eigenvalue weighted by Crippen LogP contribution is -2.49. The lowest BCUT2D eigenvalue weighted by atomic mass is 9.95. The molecule has 0 bridgehead atoms. The zero-order valence-electron chi connectivity index (χ0n) is 24.6. The van der Waals surface area contributed by atoms with E-state index in [0.717, 1.165) is 48.5 Å². The number of methoxy groups -OCH3 is 1. The Morgan fingerprint density at radius 1 is 1.12 bits per heavy atom. The van der Waals surface area contributed by atoms with Crippen LogP contribution in [-0.4, -0.2) is 99.2 Å². The number of nitrogens with zero attached hydrogens (tertiary/aromatic N) is 1. The molecule has 5 amide bonds. The normalized spacial score (nSPS) is 17.9. The molecular weight excluding hydrogens is 544 g/mol. The van der Waals surface area contributed by atoms with Gasteiger partial charge in [-0.15, -0.1) is 0 Å². The summed E-state index contributed by atoms with van der Waals surface area (Å²) >= 11 is 0. The maximum absolute atomic E-state index is 12.4. The van der Waals surface area contributed by atoms with E-state index in [1.54, 1.807) is 7.11 Å². The molecule has 2 aliphatic rings. The van der Waals surface area contributed by atoms with Crippen LogP contribution in [0.4, 0.5) is 5.69 Å². The Kier molecular flexibility index (Phi) is 14.3. The first-order chi connectivity index (χ1) is 20.1. The lowest BCUT2D eigenvalue weighted by molar-refractivity contribution is -0.141. The van der Waals surface area contributed by atoms with E-state index in [-0.39, 0.29) is 30.5 Å². The fourth-order valence-electron chi connectivity index (χ4n) is 4.61. The van der Waals surface area contributed by atoms with E-state index in [9.17, 15) is 28.8 Å². The van der Waals surface area contributed by atoms with Crippen LogP contribution in [0, 0.1) is 5.92 Å². The Morgan fingerprint density at radius 3 is 2.43 bits per heavy atom. The van der Waals surface area contributed by atoms with Crippen molar-refractivity contribution < 1.29 is 33.5 Å². The molecule has 230 valence electrons. The van der Waals surface area contributed by atoms with Crippen LogP contribution in [0.2, 0.25) is 0 Å². The molecule has 1 saturated heterocycles. The fraction of sp³-hybridized carbons (Fsp3) is 0.517. The van der Waals surface area contributed by atoms with Crippen molar-refractivity contribution in [3.05, 3.63) is 42.0 Å². The van der Waals surface area contributed by atoms with Gasteiger partial charge in [0.2, 0.25) is 17.7 Å². The first-order valence-electron chi connectivity index (χ1n) is 14.0. The number of ether oxygens (including phenoxy) is 1. The van der Waals surface area contributed by atoms with Crippen molar-refractivity contribution in [2.45, 2.75) is 51.3 Å². The van der Waals surface area contributed by atoms with Crippen molar-refractivity contribution in [3.8, 4) is 0 Å². The highest BCUT2D eigenvalue weighted by molar-refractivity contribution is 6.14. The van der Waals surface area contributed by atoms with Crippen molar-refractivity contribution in [1.29, 1.82) is 0 Å². The van der Waals surface area contributed by atoms with Gasteiger partial charge >= 0.3 is 0 Å². The summed E-state index contributed by atoms with van der Waals surface area (Å²) in [5.74, 6) is -2.40. The second kappa shape index (κ2) is 17.7. The standard InChI is InChI=1S/C18H29N3O2.C11H13N3O5/c1-13(17(23-3)16-8-5-10-20-16)18(22)21-11-9-14-6-4-7-15(12-14)19-2;1-7(11(19)12-4-5-15)13-8(16)6-14-9(17)2-3-10(14)18/h4,6-7,12-13,16-17,19-20H,5,8-11H2,1-3H3,(H,21,22);2-3,5,7H,4,6H2,1H3,(H,12,19)(H,13,16). The number of hydrogen-bond acceptors (Lipinski definition) is 9. The third kappa shape index (κ3) is 10.7. The van der Waals surface area contributed by atoms with Crippen molar-refractivity contribution in [2.75, 3.05) is 45.7 Å². The smallest absolute Gasteiger partial charge is 0.254 e. The third-order valence-electron chi connectivity index (χ3n) is 6.93. The van der Waals surface area contributed by atoms with E-state index in [2.05, 4.69) is 38.7 Å². The van der Waals surface area contributed by atoms with Gasteiger partial charge in [0.15, 0.2) is 0 Å². The Hall–Kier alpha value is -4.10. The summed E-state index contributed by atoms with van der Waals surface area (Å²) in [6.45, 7) is 4.43. The number of anilines is 1. The van der Waals surface area contributed by atoms with E-state index in [1.807, 2.05) is 26.1 Å². The maximum Gasteiger partial charge on any atom is 0.254 e.